The minimum absolute atomic E-state index is 0.113. The van der Waals surface area contributed by atoms with Gasteiger partial charge >= 0.3 is 0 Å². The SMILES string of the molecule is CNc1nc(C(C)(C)C)nc(NC2(CO)CCCC2)c1C. The van der Waals surface area contributed by atoms with Crippen molar-refractivity contribution < 1.29 is 5.11 Å². The molecule has 1 heterocycles. The maximum absolute atomic E-state index is 9.80. The first-order valence-corrected chi connectivity index (χ1v) is 7.77. The maximum atomic E-state index is 9.80. The summed E-state index contributed by atoms with van der Waals surface area (Å²) in [6.07, 6.45) is 4.30. The van der Waals surface area contributed by atoms with Gasteiger partial charge in [-0.25, -0.2) is 9.97 Å². The number of aliphatic hydroxyl groups excluding tert-OH is 1. The zero-order valence-corrected chi connectivity index (χ0v) is 13.9. The number of hydrogen-bond donors (Lipinski definition) is 3. The molecule has 1 aromatic heterocycles. The zero-order chi connectivity index (χ0) is 15.7. The van der Waals surface area contributed by atoms with E-state index in [0.29, 0.717) is 0 Å². The van der Waals surface area contributed by atoms with Crippen molar-refractivity contribution in [3.8, 4) is 0 Å². The lowest BCUT2D eigenvalue weighted by Gasteiger charge is -2.30. The van der Waals surface area contributed by atoms with Gasteiger partial charge in [0.15, 0.2) is 0 Å². The molecule has 21 heavy (non-hydrogen) atoms. The highest BCUT2D eigenvalue weighted by molar-refractivity contribution is 5.58. The van der Waals surface area contributed by atoms with Gasteiger partial charge in [0.1, 0.15) is 17.5 Å². The van der Waals surface area contributed by atoms with E-state index in [9.17, 15) is 5.11 Å². The van der Waals surface area contributed by atoms with Crippen molar-refractivity contribution in [1.29, 1.82) is 0 Å². The van der Waals surface area contributed by atoms with Crippen molar-refractivity contribution in [3.63, 3.8) is 0 Å². The second kappa shape index (κ2) is 5.79. The molecule has 1 aliphatic carbocycles. The highest BCUT2D eigenvalue weighted by Crippen LogP contribution is 2.35. The van der Waals surface area contributed by atoms with Crippen LogP contribution in [0, 0.1) is 6.92 Å². The molecule has 0 aliphatic heterocycles. The van der Waals surface area contributed by atoms with Crippen molar-refractivity contribution in [1.82, 2.24) is 9.97 Å². The van der Waals surface area contributed by atoms with Crippen LogP contribution in [0.3, 0.4) is 0 Å². The van der Waals surface area contributed by atoms with Gasteiger partial charge in [-0.3, -0.25) is 0 Å². The fraction of sp³-hybridized carbons (Fsp3) is 0.750. The molecule has 2 rings (SSSR count). The number of nitrogens with one attached hydrogen (secondary N) is 2. The molecule has 1 aromatic rings. The summed E-state index contributed by atoms with van der Waals surface area (Å²) < 4.78 is 0. The van der Waals surface area contributed by atoms with Crippen LogP contribution in [-0.4, -0.2) is 34.3 Å². The molecule has 5 nitrogen and oxygen atoms in total. The van der Waals surface area contributed by atoms with E-state index in [-0.39, 0.29) is 17.6 Å². The van der Waals surface area contributed by atoms with Crippen LogP contribution in [0.4, 0.5) is 11.6 Å². The molecule has 0 radical (unpaired) electrons. The molecule has 1 aliphatic rings. The van der Waals surface area contributed by atoms with E-state index in [1.54, 1.807) is 0 Å². The Morgan fingerprint density at radius 2 is 1.71 bits per heavy atom. The Kier molecular flexibility index (Phi) is 4.42. The molecule has 1 saturated carbocycles. The van der Waals surface area contributed by atoms with E-state index < -0.39 is 0 Å². The van der Waals surface area contributed by atoms with Gasteiger partial charge in [-0.05, 0) is 19.8 Å². The van der Waals surface area contributed by atoms with E-state index >= 15 is 0 Å². The molecule has 0 saturated heterocycles. The number of nitrogens with zero attached hydrogens (tertiary/aromatic N) is 2. The van der Waals surface area contributed by atoms with Crippen LogP contribution < -0.4 is 10.6 Å². The van der Waals surface area contributed by atoms with Crippen LogP contribution >= 0.6 is 0 Å². The Balaban J connectivity index is 2.42. The summed E-state index contributed by atoms with van der Waals surface area (Å²) in [5.41, 5.74) is 0.669. The van der Waals surface area contributed by atoms with Crippen molar-refractivity contribution in [2.24, 2.45) is 0 Å². The molecule has 0 spiro atoms. The topological polar surface area (TPSA) is 70.1 Å². The quantitative estimate of drug-likeness (QED) is 0.796. The van der Waals surface area contributed by atoms with Crippen molar-refractivity contribution >= 4 is 11.6 Å². The van der Waals surface area contributed by atoms with Crippen molar-refractivity contribution in [2.45, 2.75) is 64.3 Å². The average Bonchev–Trinajstić information content (AvgIpc) is 2.89. The standard InChI is InChI=1S/C16H28N4O/c1-11-12(17-5)18-14(15(2,3)4)19-13(11)20-16(10-21)8-6-7-9-16/h21H,6-10H2,1-5H3,(H2,17,18,19,20). The predicted octanol–water partition coefficient (Wildman–Crippen LogP) is 2.84. The molecule has 5 heteroatoms. The van der Waals surface area contributed by atoms with E-state index in [4.69, 9.17) is 4.98 Å². The van der Waals surface area contributed by atoms with E-state index in [2.05, 4.69) is 36.4 Å². The van der Waals surface area contributed by atoms with Gasteiger partial charge in [0.25, 0.3) is 0 Å². The van der Waals surface area contributed by atoms with Crippen LogP contribution in [0.25, 0.3) is 0 Å². The van der Waals surface area contributed by atoms with E-state index in [1.807, 2.05) is 14.0 Å². The summed E-state index contributed by atoms with van der Waals surface area (Å²) in [4.78, 5) is 9.36. The second-order valence-corrected chi connectivity index (χ2v) is 7.14. The Bertz CT molecular complexity index is 502. The molecule has 0 amide bonds. The number of aliphatic hydroxyl groups is 1. The third-order valence-corrected chi connectivity index (χ3v) is 4.30. The Morgan fingerprint density at radius 3 is 2.19 bits per heavy atom. The molecule has 3 N–H and O–H groups in total. The predicted molar refractivity (Wildman–Crippen MR) is 86.9 cm³/mol. The summed E-state index contributed by atoms with van der Waals surface area (Å²) in [7, 11) is 1.88. The summed E-state index contributed by atoms with van der Waals surface area (Å²) >= 11 is 0. The van der Waals surface area contributed by atoms with Crippen molar-refractivity contribution in [3.05, 3.63) is 11.4 Å². The number of aromatic nitrogens is 2. The number of anilines is 2. The largest absolute Gasteiger partial charge is 0.394 e. The number of hydrogen-bond acceptors (Lipinski definition) is 5. The van der Waals surface area contributed by atoms with Gasteiger partial charge in [-0.1, -0.05) is 33.6 Å². The summed E-state index contributed by atoms with van der Waals surface area (Å²) in [5, 5.41) is 16.5. The van der Waals surface area contributed by atoms with Crippen LogP contribution in [-0.2, 0) is 5.41 Å². The molecule has 0 atom stereocenters. The Hall–Kier alpha value is -1.36. The highest BCUT2D eigenvalue weighted by Gasteiger charge is 2.34. The van der Waals surface area contributed by atoms with Crippen LogP contribution in [0.5, 0.6) is 0 Å². The normalized spacial score (nSPS) is 17.8. The summed E-state index contributed by atoms with van der Waals surface area (Å²) in [6.45, 7) is 8.49. The summed E-state index contributed by atoms with van der Waals surface area (Å²) in [6, 6.07) is 0. The molecule has 1 fully saturated rings. The molecule has 0 aromatic carbocycles. The molecule has 118 valence electrons. The molecular formula is C16H28N4O. The highest BCUT2D eigenvalue weighted by atomic mass is 16.3. The number of rotatable bonds is 4. The lowest BCUT2D eigenvalue weighted by atomic mass is 9.95. The smallest absolute Gasteiger partial charge is 0.138 e. The Labute approximate surface area is 127 Å². The first kappa shape index (κ1) is 16.0. The minimum Gasteiger partial charge on any atom is -0.394 e. The van der Waals surface area contributed by atoms with Crippen molar-refractivity contribution in [2.75, 3.05) is 24.3 Å². The van der Waals surface area contributed by atoms with E-state index in [1.165, 1.54) is 0 Å². The van der Waals surface area contributed by atoms with Gasteiger partial charge in [0, 0.05) is 18.0 Å². The van der Waals surface area contributed by atoms with Gasteiger partial charge in [-0.2, -0.15) is 0 Å². The van der Waals surface area contributed by atoms with E-state index in [0.717, 1.165) is 48.7 Å². The van der Waals surface area contributed by atoms with Gasteiger partial charge in [-0.15, -0.1) is 0 Å². The first-order valence-electron chi connectivity index (χ1n) is 7.77. The Morgan fingerprint density at radius 1 is 1.14 bits per heavy atom. The minimum atomic E-state index is -0.223. The molecular weight excluding hydrogens is 264 g/mol. The fourth-order valence-electron chi connectivity index (χ4n) is 2.84. The third-order valence-electron chi connectivity index (χ3n) is 4.30. The van der Waals surface area contributed by atoms with Crippen LogP contribution in [0.1, 0.15) is 57.8 Å². The lowest BCUT2D eigenvalue weighted by Crippen LogP contribution is -2.40. The summed E-state index contributed by atoms with van der Waals surface area (Å²) in [5.74, 6) is 2.50. The van der Waals surface area contributed by atoms with Gasteiger partial charge < -0.3 is 15.7 Å². The van der Waals surface area contributed by atoms with Crippen LogP contribution in [0.2, 0.25) is 0 Å². The lowest BCUT2D eigenvalue weighted by molar-refractivity contribution is 0.213. The second-order valence-electron chi connectivity index (χ2n) is 7.14. The average molecular weight is 292 g/mol. The molecule has 0 bridgehead atoms. The monoisotopic (exact) mass is 292 g/mol. The van der Waals surface area contributed by atoms with Gasteiger partial charge in [0.05, 0.1) is 12.1 Å². The fourth-order valence-corrected chi connectivity index (χ4v) is 2.84. The van der Waals surface area contributed by atoms with Gasteiger partial charge in [0.2, 0.25) is 0 Å². The molecule has 0 unspecified atom stereocenters. The maximum Gasteiger partial charge on any atom is 0.138 e. The van der Waals surface area contributed by atoms with Crippen LogP contribution in [0.15, 0.2) is 0 Å². The zero-order valence-electron chi connectivity index (χ0n) is 13.9. The third kappa shape index (κ3) is 3.28. The first-order chi connectivity index (χ1) is 9.81.